The Morgan fingerprint density at radius 1 is 1.04 bits per heavy atom. The SMILES string of the molecule is CNC(=O)c1ccc2c(c1)CCc1cc(C(=O)NC)ccc1C2(CCNCC(=O)N1CCC[C@H]1C#N)c1nn(C(C)C)c(=O)[nH]1. The average molecular weight is 613 g/mol. The Kier molecular flexibility index (Phi) is 9.20. The molecule has 1 aliphatic heterocycles. The summed E-state index contributed by atoms with van der Waals surface area (Å²) in [4.78, 5) is 56.2. The summed E-state index contributed by atoms with van der Waals surface area (Å²) in [6.45, 7) is 4.79. The van der Waals surface area contributed by atoms with Crippen LogP contribution in [-0.2, 0) is 23.1 Å². The van der Waals surface area contributed by atoms with E-state index in [1.54, 1.807) is 31.1 Å². The average Bonchev–Trinajstić information content (AvgIpc) is 3.67. The molecule has 3 aromatic rings. The quantitative estimate of drug-likeness (QED) is 0.268. The second-order valence-electron chi connectivity index (χ2n) is 11.9. The Bertz CT molecular complexity index is 1650. The van der Waals surface area contributed by atoms with Crippen molar-refractivity contribution in [3.8, 4) is 6.07 Å². The second-order valence-corrected chi connectivity index (χ2v) is 11.9. The monoisotopic (exact) mass is 612 g/mol. The van der Waals surface area contributed by atoms with Crippen LogP contribution in [0.2, 0.25) is 0 Å². The van der Waals surface area contributed by atoms with Crippen molar-refractivity contribution in [1.29, 1.82) is 5.26 Å². The predicted molar refractivity (Wildman–Crippen MR) is 168 cm³/mol. The minimum absolute atomic E-state index is 0.0656. The number of likely N-dealkylation sites (tertiary alicyclic amines) is 1. The molecule has 0 bridgehead atoms. The number of fused-ring (bicyclic) bond motifs is 2. The lowest BCUT2D eigenvalue weighted by Gasteiger charge is -2.35. The molecule has 0 spiro atoms. The molecule has 2 aliphatic rings. The summed E-state index contributed by atoms with van der Waals surface area (Å²) < 4.78 is 1.42. The molecule has 1 fully saturated rings. The molecule has 1 saturated heterocycles. The molecule has 5 rings (SSSR count). The zero-order valence-corrected chi connectivity index (χ0v) is 26.2. The van der Waals surface area contributed by atoms with Crippen LogP contribution in [0.3, 0.4) is 0 Å². The van der Waals surface area contributed by atoms with E-state index in [4.69, 9.17) is 5.10 Å². The molecule has 0 radical (unpaired) electrons. The molecule has 45 heavy (non-hydrogen) atoms. The van der Waals surface area contributed by atoms with Crippen LogP contribution in [0.15, 0.2) is 41.2 Å². The highest BCUT2D eigenvalue weighted by Crippen LogP contribution is 2.46. The van der Waals surface area contributed by atoms with E-state index in [9.17, 15) is 24.4 Å². The molecule has 0 saturated carbocycles. The number of hydrogen-bond acceptors (Lipinski definition) is 7. The van der Waals surface area contributed by atoms with Gasteiger partial charge < -0.3 is 20.9 Å². The largest absolute Gasteiger partial charge is 0.355 e. The zero-order chi connectivity index (χ0) is 32.3. The molecule has 12 heteroatoms. The molecule has 1 atom stereocenters. The number of H-pyrrole nitrogens is 1. The van der Waals surface area contributed by atoms with E-state index in [1.807, 2.05) is 38.1 Å². The number of aromatic nitrogens is 3. The van der Waals surface area contributed by atoms with Gasteiger partial charge in [-0.1, -0.05) is 12.1 Å². The van der Waals surface area contributed by atoms with E-state index in [-0.39, 0.29) is 36.0 Å². The first-order valence-electron chi connectivity index (χ1n) is 15.4. The number of rotatable bonds is 9. The number of carbonyl (C=O) groups excluding carboxylic acids is 3. The summed E-state index contributed by atoms with van der Waals surface area (Å²) in [6, 6.07) is 12.8. The normalized spacial score (nSPS) is 16.8. The summed E-state index contributed by atoms with van der Waals surface area (Å²) in [5.74, 6) is -0.0921. The topological polar surface area (TPSA) is 165 Å². The Labute approximate surface area is 262 Å². The summed E-state index contributed by atoms with van der Waals surface area (Å²) in [5, 5.41) is 23.0. The van der Waals surface area contributed by atoms with Crippen molar-refractivity contribution in [2.45, 2.75) is 63.5 Å². The van der Waals surface area contributed by atoms with Crippen LogP contribution in [-0.4, -0.2) is 77.2 Å². The fourth-order valence-electron chi connectivity index (χ4n) is 6.71. The van der Waals surface area contributed by atoms with Gasteiger partial charge in [-0.25, -0.2) is 9.48 Å². The lowest BCUT2D eigenvalue weighted by atomic mass is 9.69. The maximum atomic E-state index is 13.2. The van der Waals surface area contributed by atoms with Crippen LogP contribution in [0.1, 0.15) is 87.9 Å². The third kappa shape index (κ3) is 5.88. The Morgan fingerprint density at radius 2 is 1.64 bits per heavy atom. The maximum Gasteiger partial charge on any atom is 0.343 e. The molecule has 0 unspecified atom stereocenters. The van der Waals surface area contributed by atoms with Crippen molar-refractivity contribution in [3.63, 3.8) is 0 Å². The van der Waals surface area contributed by atoms with Crippen molar-refractivity contribution in [1.82, 2.24) is 35.6 Å². The molecule has 1 aliphatic carbocycles. The molecule has 2 heterocycles. The van der Waals surface area contributed by atoms with Crippen LogP contribution < -0.4 is 21.6 Å². The maximum absolute atomic E-state index is 13.2. The standard InChI is InChI=1S/C33H40N8O4/c1-20(2)41-32(45)38-31(39-41)33(13-14-37-19-28(42)40-15-5-6-25(40)18-34)26-11-9-23(29(43)35-3)16-21(26)7-8-22-17-24(30(44)36-4)10-12-27(22)33/h9-12,16-17,20,25,37H,5-8,13-15,19H2,1-4H3,(H,35,43)(H,36,44)(H,38,39,45)/t25-/m0/s1. The lowest BCUT2D eigenvalue weighted by molar-refractivity contribution is -0.130. The van der Waals surface area contributed by atoms with Gasteiger partial charge in [-0.2, -0.15) is 10.4 Å². The van der Waals surface area contributed by atoms with Crippen LogP contribution in [0.4, 0.5) is 0 Å². The number of benzene rings is 2. The molecule has 12 nitrogen and oxygen atoms in total. The van der Waals surface area contributed by atoms with Gasteiger partial charge in [0.2, 0.25) is 5.91 Å². The van der Waals surface area contributed by atoms with E-state index in [1.165, 1.54) is 4.68 Å². The number of aromatic amines is 1. The minimum atomic E-state index is -0.984. The van der Waals surface area contributed by atoms with Crippen molar-refractivity contribution >= 4 is 17.7 Å². The number of hydrogen-bond donors (Lipinski definition) is 4. The van der Waals surface area contributed by atoms with Gasteiger partial charge in [-0.3, -0.25) is 19.4 Å². The van der Waals surface area contributed by atoms with Crippen LogP contribution in [0.5, 0.6) is 0 Å². The molecule has 1 aromatic heterocycles. The van der Waals surface area contributed by atoms with Gasteiger partial charge in [0.05, 0.1) is 24.1 Å². The first-order chi connectivity index (χ1) is 21.6. The fourth-order valence-corrected chi connectivity index (χ4v) is 6.71. The number of carbonyl (C=O) groups is 3. The van der Waals surface area contributed by atoms with Crippen molar-refractivity contribution in [2.24, 2.45) is 0 Å². The van der Waals surface area contributed by atoms with E-state index < -0.39 is 11.5 Å². The second kappa shape index (κ2) is 13.1. The van der Waals surface area contributed by atoms with Gasteiger partial charge in [0.1, 0.15) is 11.9 Å². The lowest BCUT2D eigenvalue weighted by Crippen LogP contribution is -2.42. The summed E-state index contributed by atoms with van der Waals surface area (Å²) in [7, 11) is 3.18. The predicted octanol–water partition coefficient (Wildman–Crippen LogP) is 1.80. The number of nitrogens with one attached hydrogen (secondary N) is 4. The van der Waals surface area contributed by atoms with Crippen LogP contribution in [0, 0.1) is 11.3 Å². The highest BCUT2D eigenvalue weighted by Gasteiger charge is 2.44. The number of nitriles is 1. The first-order valence-corrected chi connectivity index (χ1v) is 15.4. The molecular formula is C33H40N8O4. The Hall–Kier alpha value is -4.76. The Balaban J connectivity index is 1.64. The molecule has 3 amide bonds. The third-order valence-corrected chi connectivity index (χ3v) is 8.98. The van der Waals surface area contributed by atoms with E-state index in [0.717, 1.165) is 28.7 Å². The first kappa shape index (κ1) is 31.7. The molecule has 4 N–H and O–H groups in total. The van der Waals surface area contributed by atoms with E-state index in [2.05, 4.69) is 27.0 Å². The summed E-state index contributed by atoms with van der Waals surface area (Å²) in [6.07, 6.45) is 3.09. The smallest absolute Gasteiger partial charge is 0.343 e. The van der Waals surface area contributed by atoms with E-state index >= 15 is 0 Å². The van der Waals surface area contributed by atoms with Crippen molar-refractivity contribution < 1.29 is 14.4 Å². The van der Waals surface area contributed by atoms with E-state index in [0.29, 0.717) is 55.7 Å². The summed E-state index contributed by atoms with van der Waals surface area (Å²) >= 11 is 0. The fraction of sp³-hybridized carbons (Fsp3) is 0.455. The number of nitrogens with zero attached hydrogens (tertiary/aromatic N) is 4. The minimum Gasteiger partial charge on any atom is -0.355 e. The van der Waals surface area contributed by atoms with Gasteiger partial charge in [-0.05, 0) is 99.0 Å². The highest BCUT2D eigenvalue weighted by atomic mass is 16.2. The van der Waals surface area contributed by atoms with Crippen molar-refractivity contribution in [3.05, 3.63) is 86.1 Å². The third-order valence-electron chi connectivity index (χ3n) is 8.98. The van der Waals surface area contributed by atoms with Crippen molar-refractivity contribution in [2.75, 3.05) is 33.7 Å². The Morgan fingerprint density at radius 3 is 2.16 bits per heavy atom. The zero-order valence-electron chi connectivity index (χ0n) is 26.2. The van der Waals surface area contributed by atoms with Crippen LogP contribution in [0.25, 0.3) is 0 Å². The van der Waals surface area contributed by atoms with Gasteiger partial charge in [0.15, 0.2) is 0 Å². The number of aryl methyl sites for hydroxylation is 2. The van der Waals surface area contributed by atoms with Gasteiger partial charge in [-0.15, -0.1) is 0 Å². The van der Waals surface area contributed by atoms with Gasteiger partial charge >= 0.3 is 5.69 Å². The van der Waals surface area contributed by atoms with Gasteiger partial charge in [0.25, 0.3) is 11.8 Å². The highest BCUT2D eigenvalue weighted by molar-refractivity contribution is 5.95. The molecular weight excluding hydrogens is 572 g/mol. The summed E-state index contributed by atoms with van der Waals surface area (Å²) in [5.41, 5.74) is 3.36. The number of amides is 3. The van der Waals surface area contributed by atoms with Crippen LogP contribution >= 0.6 is 0 Å². The molecule has 236 valence electrons. The molecule has 2 aromatic carbocycles. The van der Waals surface area contributed by atoms with Gasteiger partial charge in [0, 0.05) is 31.8 Å².